The molecule has 0 saturated carbocycles. The molecule has 0 aromatic heterocycles. The highest BCUT2D eigenvalue weighted by atomic mass is 16.3. The Balaban J connectivity index is 2.94. The van der Waals surface area contributed by atoms with Gasteiger partial charge in [0.25, 0.3) is 0 Å². The molecule has 0 bridgehead atoms. The van der Waals surface area contributed by atoms with E-state index in [1.165, 1.54) is 0 Å². The lowest BCUT2D eigenvalue weighted by atomic mass is 10.1. The van der Waals surface area contributed by atoms with Gasteiger partial charge in [-0.25, -0.2) is 0 Å². The number of aromatic hydroxyl groups is 1. The number of nitrogens with zero attached hydrogens (tertiary/aromatic N) is 1. The van der Waals surface area contributed by atoms with Gasteiger partial charge in [0.2, 0.25) is 0 Å². The van der Waals surface area contributed by atoms with E-state index in [9.17, 15) is 5.11 Å². The smallest absolute Gasteiger partial charge is 0.128 e. The second-order valence-electron chi connectivity index (χ2n) is 3.11. The Morgan fingerprint density at radius 1 is 1.50 bits per heavy atom. The summed E-state index contributed by atoms with van der Waals surface area (Å²) >= 11 is 0. The molecule has 1 N–H and O–H groups in total. The van der Waals surface area contributed by atoms with E-state index in [1.807, 2.05) is 38.1 Å². The standard InChI is InChI=1S/C10H14NO/c1-8(11(2)3)9-6-4-5-7-10(9)12/h4-6,8,12H,1-3H3. The number of phenolic OH excluding ortho intramolecular Hbond substituents is 1. The van der Waals surface area contributed by atoms with E-state index < -0.39 is 0 Å². The van der Waals surface area contributed by atoms with E-state index in [1.54, 1.807) is 6.07 Å². The van der Waals surface area contributed by atoms with Crippen molar-refractivity contribution in [1.29, 1.82) is 0 Å². The van der Waals surface area contributed by atoms with Gasteiger partial charge in [0.1, 0.15) is 5.75 Å². The lowest BCUT2D eigenvalue weighted by Gasteiger charge is -2.20. The van der Waals surface area contributed by atoms with Gasteiger partial charge in [-0.05, 0) is 21.0 Å². The topological polar surface area (TPSA) is 23.5 Å². The van der Waals surface area contributed by atoms with Gasteiger partial charge >= 0.3 is 0 Å². The van der Waals surface area contributed by atoms with Crippen LogP contribution in [0.15, 0.2) is 18.2 Å². The van der Waals surface area contributed by atoms with Gasteiger partial charge in [0, 0.05) is 17.7 Å². The SMILES string of the molecule is CC(c1ccc[c]c1O)N(C)C. The summed E-state index contributed by atoms with van der Waals surface area (Å²) in [6.07, 6.45) is 0. The summed E-state index contributed by atoms with van der Waals surface area (Å²) in [6.45, 7) is 2.04. The summed E-state index contributed by atoms with van der Waals surface area (Å²) in [5.74, 6) is 0.249. The van der Waals surface area contributed by atoms with E-state index in [-0.39, 0.29) is 11.8 Å². The van der Waals surface area contributed by atoms with Crippen molar-refractivity contribution in [3.05, 3.63) is 29.8 Å². The Hall–Kier alpha value is -1.02. The van der Waals surface area contributed by atoms with Crippen LogP contribution < -0.4 is 0 Å². The van der Waals surface area contributed by atoms with Crippen LogP contribution in [0, 0.1) is 6.07 Å². The highest BCUT2D eigenvalue weighted by Gasteiger charge is 2.10. The van der Waals surface area contributed by atoms with E-state index in [4.69, 9.17) is 0 Å². The molecule has 0 heterocycles. The summed E-state index contributed by atoms with van der Waals surface area (Å²) < 4.78 is 0. The largest absolute Gasteiger partial charge is 0.507 e. The van der Waals surface area contributed by atoms with E-state index in [2.05, 4.69) is 6.07 Å². The maximum Gasteiger partial charge on any atom is 0.128 e. The number of phenols is 1. The van der Waals surface area contributed by atoms with Crippen molar-refractivity contribution in [3.63, 3.8) is 0 Å². The van der Waals surface area contributed by atoms with Gasteiger partial charge in [0.15, 0.2) is 0 Å². The zero-order chi connectivity index (χ0) is 9.14. The van der Waals surface area contributed by atoms with E-state index in [0.29, 0.717) is 0 Å². The van der Waals surface area contributed by atoms with E-state index >= 15 is 0 Å². The van der Waals surface area contributed by atoms with Crippen LogP contribution in [0.25, 0.3) is 0 Å². The number of para-hydroxylation sites is 1. The molecule has 2 nitrogen and oxygen atoms in total. The van der Waals surface area contributed by atoms with Crippen LogP contribution >= 0.6 is 0 Å². The lowest BCUT2D eigenvalue weighted by molar-refractivity contribution is 0.311. The highest BCUT2D eigenvalue weighted by molar-refractivity contribution is 5.32. The first-order valence-corrected chi connectivity index (χ1v) is 3.99. The van der Waals surface area contributed by atoms with Gasteiger partial charge in [-0.15, -0.1) is 0 Å². The second kappa shape index (κ2) is 3.59. The minimum atomic E-state index is 0.224. The fraction of sp³-hybridized carbons (Fsp3) is 0.400. The molecular formula is C10H14NO. The van der Waals surface area contributed by atoms with Gasteiger partial charge in [-0.3, -0.25) is 0 Å². The summed E-state index contributed by atoms with van der Waals surface area (Å²) in [4.78, 5) is 2.04. The first-order valence-electron chi connectivity index (χ1n) is 3.99. The van der Waals surface area contributed by atoms with Crippen LogP contribution in [0.2, 0.25) is 0 Å². The molecule has 0 aliphatic heterocycles. The number of hydrogen-bond acceptors (Lipinski definition) is 2. The molecule has 0 aliphatic carbocycles. The van der Waals surface area contributed by atoms with Crippen LogP contribution in [0.1, 0.15) is 18.5 Å². The summed E-state index contributed by atoms with van der Waals surface area (Å²) in [7, 11) is 3.97. The molecule has 0 amide bonds. The maximum absolute atomic E-state index is 9.45. The Kier molecular flexibility index (Phi) is 2.71. The average molecular weight is 164 g/mol. The van der Waals surface area contributed by atoms with Gasteiger partial charge < -0.3 is 10.0 Å². The minimum Gasteiger partial charge on any atom is -0.507 e. The zero-order valence-electron chi connectivity index (χ0n) is 7.70. The molecule has 1 unspecified atom stereocenters. The van der Waals surface area contributed by atoms with Crippen molar-refractivity contribution in [1.82, 2.24) is 4.90 Å². The van der Waals surface area contributed by atoms with Crippen LogP contribution in [0.3, 0.4) is 0 Å². The number of benzene rings is 1. The van der Waals surface area contributed by atoms with Gasteiger partial charge in [-0.2, -0.15) is 0 Å². The predicted octanol–water partition coefficient (Wildman–Crippen LogP) is 1.81. The Morgan fingerprint density at radius 2 is 2.17 bits per heavy atom. The minimum absolute atomic E-state index is 0.224. The van der Waals surface area contributed by atoms with Gasteiger partial charge in [0.05, 0.1) is 0 Å². The number of rotatable bonds is 2. The summed E-state index contributed by atoms with van der Waals surface area (Å²) in [5, 5.41) is 9.45. The van der Waals surface area contributed by atoms with Gasteiger partial charge in [-0.1, -0.05) is 18.2 Å². The first kappa shape index (κ1) is 9.07. The normalized spacial score (nSPS) is 13.3. The van der Waals surface area contributed by atoms with Crippen molar-refractivity contribution in [2.24, 2.45) is 0 Å². The van der Waals surface area contributed by atoms with Crippen LogP contribution in [-0.4, -0.2) is 24.1 Å². The molecule has 65 valence electrons. The Morgan fingerprint density at radius 3 is 2.67 bits per heavy atom. The average Bonchev–Trinajstić information content (AvgIpc) is 2.04. The Labute approximate surface area is 73.4 Å². The molecule has 1 atom stereocenters. The second-order valence-corrected chi connectivity index (χ2v) is 3.11. The number of hydrogen-bond donors (Lipinski definition) is 1. The van der Waals surface area contributed by atoms with Crippen LogP contribution in [0.4, 0.5) is 0 Å². The van der Waals surface area contributed by atoms with Crippen molar-refractivity contribution in [2.75, 3.05) is 14.1 Å². The summed E-state index contributed by atoms with van der Waals surface area (Å²) in [6, 6.07) is 8.50. The van der Waals surface area contributed by atoms with Crippen molar-refractivity contribution < 1.29 is 5.11 Å². The fourth-order valence-electron chi connectivity index (χ4n) is 1.06. The lowest BCUT2D eigenvalue weighted by Crippen LogP contribution is -2.16. The quantitative estimate of drug-likeness (QED) is 0.720. The molecule has 0 fully saturated rings. The fourth-order valence-corrected chi connectivity index (χ4v) is 1.06. The van der Waals surface area contributed by atoms with Crippen molar-refractivity contribution in [3.8, 4) is 5.75 Å². The van der Waals surface area contributed by atoms with Crippen molar-refractivity contribution in [2.45, 2.75) is 13.0 Å². The third-order valence-electron chi connectivity index (χ3n) is 2.09. The third-order valence-corrected chi connectivity index (χ3v) is 2.09. The summed E-state index contributed by atoms with van der Waals surface area (Å²) in [5.41, 5.74) is 0.919. The molecule has 0 spiro atoms. The van der Waals surface area contributed by atoms with E-state index in [0.717, 1.165) is 5.56 Å². The zero-order valence-corrected chi connectivity index (χ0v) is 7.70. The monoisotopic (exact) mass is 164 g/mol. The molecule has 1 rings (SSSR count). The van der Waals surface area contributed by atoms with Crippen molar-refractivity contribution >= 4 is 0 Å². The maximum atomic E-state index is 9.45. The molecule has 12 heavy (non-hydrogen) atoms. The molecule has 0 aliphatic rings. The molecule has 1 aromatic carbocycles. The third kappa shape index (κ3) is 1.77. The molecule has 0 saturated heterocycles. The molecule has 2 heteroatoms. The first-order chi connectivity index (χ1) is 5.63. The molecule has 1 aromatic rings. The Bertz CT molecular complexity index is 258. The van der Waals surface area contributed by atoms with Crippen LogP contribution in [-0.2, 0) is 0 Å². The van der Waals surface area contributed by atoms with Crippen LogP contribution in [0.5, 0.6) is 5.75 Å². The predicted molar refractivity (Wildman–Crippen MR) is 49.0 cm³/mol. The molecule has 1 radical (unpaired) electrons. The molecular weight excluding hydrogens is 150 g/mol. The highest BCUT2D eigenvalue weighted by Crippen LogP contribution is 2.25.